The van der Waals surface area contributed by atoms with Crippen LogP contribution >= 0.6 is 0 Å². The quantitative estimate of drug-likeness (QED) is 0.911. The van der Waals surface area contributed by atoms with Crippen molar-refractivity contribution >= 4 is 23.3 Å². The lowest BCUT2D eigenvalue weighted by molar-refractivity contribution is 0.0564. The molecule has 0 saturated carbocycles. The van der Waals surface area contributed by atoms with Crippen molar-refractivity contribution in [3.05, 3.63) is 60.2 Å². The molecule has 0 bridgehead atoms. The maximum atomic E-state index is 12.2. The molecule has 0 aromatic heterocycles. The van der Waals surface area contributed by atoms with Crippen LogP contribution in [0, 0.1) is 0 Å². The number of amides is 3. The zero-order valence-electron chi connectivity index (χ0n) is 13.2. The van der Waals surface area contributed by atoms with Crippen LogP contribution in [0.4, 0.5) is 16.2 Å². The summed E-state index contributed by atoms with van der Waals surface area (Å²) >= 11 is 0. The number of urea groups is 1. The number of anilines is 2. The van der Waals surface area contributed by atoms with Gasteiger partial charge in [0, 0.05) is 30.0 Å². The van der Waals surface area contributed by atoms with Crippen LogP contribution in [-0.4, -0.2) is 43.1 Å². The molecular weight excluding hydrogens is 306 g/mol. The van der Waals surface area contributed by atoms with Crippen molar-refractivity contribution in [2.75, 3.05) is 36.9 Å². The number of benzene rings is 2. The minimum absolute atomic E-state index is 0.162. The summed E-state index contributed by atoms with van der Waals surface area (Å²) in [6.45, 7) is 2.27. The maximum absolute atomic E-state index is 12.2. The molecule has 124 valence electrons. The molecule has 1 saturated heterocycles. The molecule has 3 amide bonds. The van der Waals surface area contributed by atoms with Gasteiger partial charge in [-0.15, -0.1) is 0 Å². The van der Waals surface area contributed by atoms with Gasteiger partial charge in [-0.2, -0.15) is 0 Å². The SMILES string of the molecule is O=C(Nc1cccc(NC(=O)N2CCOCC2)c1)c1ccccc1. The van der Waals surface area contributed by atoms with E-state index in [1.807, 2.05) is 18.2 Å². The molecule has 2 aromatic carbocycles. The molecule has 1 aliphatic rings. The van der Waals surface area contributed by atoms with E-state index in [4.69, 9.17) is 4.74 Å². The van der Waals surface area contributed by atoms with E-state index >= 15 is 0 Å². The third-order valence-corrected chi connectivity index (χ3v) is 3.71. The Morgan fingerprint density at radius 1 is 0.875 bits per heavy atom. The van der Waals surface area contributed by atoms with Gasteiger partial charge >= 0.3 is 6.03 Å². The Labute approximate surface area is 140 Å². The molecule has 0 aliphatic carbocycles. The van der Waals surface area contributed by atoms with Crippen LogP contribution in [0.15, 0.2) is 54.6 Å². The predicted molar refractivity (Wildman–Crippen MR) is 92.2 cm³/mol. The fraction of sp³-hybridized carbons (Fsp3) is 0.222. The monoisotopic (exact) mass is 325 g/mol. The fourth-order valence-corrected chi connectivity index (χ4v) is 2.44. The van der Waals surface area contributed by atoms with Crippen LogP contribution in [0.3, 0.4) is 0 Å². The van der Waals surface area contributed by atoms with Gasteiger partial charge in [-0.3, -0.25) is 4.79 Å². The van der Waals surface area contributed by atoms with Gasteiger partial charge in [-0.05, 0) is 30.3 Å². The van der Waals surface area contributed by atoms with E-state index in [1.54, 1.807) is 41.3 Å². The highest BCUT2D eigenvalue weighted by molar-refractivity contribution is 6.04. The van der Waals surface area contributed by atoms with Gasteiger partial charge in [0.1, 0.15) is 0 Å². The average molecular weight is 325 g/mol. The van der Waals surface area contributed by atoms with Crippen LogP contribution in [0.25, 0.3) is 0 Å². The second kappa shape index (κ2) is 7.61. The summed E-state index contributed by atoms with van der Waals surface area (Å²) in [6, 6.07) is 15.9. The van der Waals surface area contributed by atoms with Crippen LogP contribution in [-0.2, 0) is 4.74 Å². The summed E-state index contributed by atoms with van der Waals surface area (Å²) in [6.07, 6.45) is 0. The summed E-state index contributed by atoms with van der Waals surface area (Å²) in [5.41, 5.74) is 1.85. The molecular formula is C18H19N3O3. The number of morpholine rings is 1. The van der Waals surface area contributed by atoms with Crippen molar-refractivity contribution in [3.8, 4) is 0 Å². The van der Waals surface area contributed by atoms with E-state index in [0.29, 0.717) is 43.2 Å². The van der Waals surface area contributed by atoms with Crippen molar-refractivity contribution in [2.45, 2.75) is 0 Å². The minimum atomic E-state index is -0.188. The van der Waals surface area contributed by atoms with E-state index in [1.165, 1.54) is 0 Å². The molecule has 0 unspecified atom stereocenters. The van der Waals surface area contributed by atoms with E-state index in [-0.39, 0.29) is 11.9 Å². The number of nitrogens with zero attached hydrogens (tertiary/aromatic N) is 1. The smallest absolute Gasteiger partial charge is 0.322 e. The van der Waals surface area contributed by atoms with Crippen molar-refractivity contribution in [1.29, 1.82) is 0 Å². The van der Waals surface area contributed by atoms with Crippen LogP contribution in [0.2, 0.25) is 0 Å². The number of carbonyl (C=O) groups excluding carboxylic acids is 2. The normalized spacial score (nSPS) is 14.1. The minimum Gasteiger partial charge on any atom is -0.378 e. The third-order valence-electron chi connectivity index (χ3n) is 3.71. The molecule has 2 aromatic rings. The highest BCUT2D eigenvalue weighted by atomic mass is 16.5. The molecule has 0 spiro atoms. The first-order valence-electron chi connectivity index (χ1n) is 7.82. The molecule has 0 radical (unpaired) electrons. The van der Waals surface area contributed by atoms with Crippen molar-refractivity contribution < 1.29 is 14.3 Å². The zero-order valence-corrected chi connectivity index (χ0v) is 13.2. The number of hydrogen-bond donors (Lipinski definition) is 2. The second-order valence-electron chi connectivity index (χ2n) is 5.43. The topological polar surface area (TPSA) is 70.7 Å². The van der Waals surface area contributed by atoms with Gasteiger partial charge in [-0.25, -0.2) is 4.79 Å². The number of rotatable bonds is 3. The van der Waals surface area contributed by atoms with E-state index < -0.39 is 0 Å². The first kappa shape index (κ1) is 16.0. The maximum Gasteiger partial charge on any atom is 0.322 e. The van der Waals surface area contributed by atoms with Crippen LogP contribution in [0.5, 0.6) is 0 Å². The lowest BCUT2D eigenvalue weighted by Gasteiger charge is -2.27. The second-order valence-corrected chi connectivity index (χ2v) is 5.43. The molecule has 24 heavy (non-hydrogen) atoms. The Morgan fingerprint density at radius 2 is 1.54 bits per heavy atom. The van der Waals surface area contributed by atoms with Gasteiger partial charge in [0.15, 0.2) is 0 Å². The van der Waals surface area contributed by atoms with Gasteiger partial charge in [0.05, 0.1) is 13.2 Å². The van der Waals surface area contributed by atoms with E-state index in [9.17, 15) is 9.59 Å². The van der Waals surface area contributed by atoms with Crippen LogP contribution in [0.1, 0.15) is 10.4 Å². The molecule has 1 fully saturated rings. The highest BCUT2D eigenvalue weighted by Gasteiger charge is 2.16. The molecule has 2 N–H and O–H groups in total. The largest absolute Gasteiger partial charge is 0.378 e. The highest BCUT2D eigenvalue weighted by Crippen LogP contribution is 2.17. The van der Waals surface area contributed by atoms with Gasteiger partial charge in [-0.1, -0.05) is 24.3 Å². The van der Waals surface area contributed by atoms with Crippen molar-refractivity contribution in [2.24, 2.45) is 0 Å². The Balaban J connectivity index is 1.63. The third kappa shape index (κ3) is 4.11. The summed E-state index contributed by atoms with van der Waals surface area (Å²) < 4.78 is 5.24. The Hall–Kier alpha value is -2.86. The number of hydrogen-bond acceptors (Lipinski definition) is 3. The Bertz CT molecular complexity index is 712. The summed E-state index contributed by atoms with van der Waals surface area (Å²) in [7, 11) is 0. The number of ether oxygens (including phenoxy) is 1. The number of nitrogens with one attached hydrogen (secondary N) is 2. The first-order valence-corrected chi connectivity index (χ1v) is 7.82. The summed E-state index contributed by atoms with van der Waals surface area (Å²) in [5, 5.41) is 5.67. The van der Waals surface area contributed by atoms with E-state index in [2.05, 4.69) is 10.6 Å². The lowest BCUT2D eigenvalue weighted by Crippen LogP contribution is -2.43. The molecule has 6 nitrogen and oxygen atoms in total. The van der Waals surface area contributed by atoms with Crippen LogP contribution < -0.4 is 10.6 Å². The number of carbonyl (C=O) groups is 2. The van der Waals surface area contributed by atoms with E-state index in [0.717, 1.165) is 0 Å². The summed E-state index contributed by atoms with van der Waals surface area (Å²) in [4.78, 5) is 26.1. The lowest BCUT2D eigenvalue weighted by atomic mass is 10.2. The van der Waals surface area contributed by atoms with Gasteiger partial charge in [0.2, 0.25) is 0 Å². The first-order chi connectivity index (χ1) is 11.7. The Kier molecular flexibility index (Phi) is 5.08. The van der Waals surface area contributed by atoms with Gasteiger partial charge in [0.25, 0.3) is 5.91 Å². The molecule has 6 heteroatoms. The fourth-order valence-electron chi connectivity index (χ4n) is 2.44. The molecule has 1 heterocycles. The molecule has 0 atom stereocenters. The average Bonchev–Trinajstić information content (AvgIpc) is 2.63. The zero-order chi connectivity index (χ0) is 16.8. The van der Waals surface area contributed by atoms with Gasteiger partial charge < -0.3 is 20.3 Å². The summed E-state index contributed by atoms with van der Waals surface area (Å²) in [5.74, 6) is -0.188. The van der Waals surface area contributed by atoms with Crippen molar-refractivity contribution in [3.63, 3.8) is 0 Å². The molecule has 3 rings (SSSR count). The Morgan fingerprint density at radius 3 is 2.25 bits per heavy atom. The standard InChI is InChI=1S/C18H19N3O3/c22-17(14-5-2-1-3-6-14)19-15-7-4-8-16(13-15)20-18(23)21-9-11-24-12-10-21/h1-8,13H,9-12H2,(H,19,22)(H,20,23). The molecule has 1 aliphatic heterocycles. The van der Waals surface area contributed by atoms with Crippen molar-refractivity contribution in [1.82, 2.24) is 4.90 Å². The predicted octanol–water partition coefficient (Wildman–Crippen LogP) is 2.80.